The summed E-state index contributed by atoms with van der Waals surface area (Å²) in [5.41, 5.74) is 7.05. The van der Waals surface area contributed by atoms with Gasteiger partial charge in [0, 0.05) is 18.7 Å². The van der Waals surface area contributed by atoms with Crippen LogP contribution in [0.4, 0.5) is 5.69 Å². The van der Waals surface area contributed by atoms with E-state index in [1.807, 2.05) is 19.1 Å². The van der Waals surface area contributed by atoms with Crippen LogP contribution < -0.4 is 10.5 Å². The number of nitrogens with one attached hydrogen (secondary N) is 1. The van der Waals surface area contributed by atoms with Crippen LogP contribution in [0.15, 0.2) is 53.4 Å². The number of hydrogen-bond donors (Lipinski definition) is 2. The highest BCUT2D eigenvalue weighted by atomic mass is 32.2. The number of para-hydroxylation sites is 1. The van der Waals surface area contributed by atoms with Crippen LogP contribution in [0.5, 0.6) is 0 Å². The van der Waals surface area contributed by atoms with Gasteiger partial charge in [0.05, 0.1) is 16.5 Å². The molecule has 1 atom stereocenters. The zero-order chi connectivity index (χ0) is 20.3. The Bertz CT molecular complexity index is 987. The molecule has 0 bridgehead atoms. The molecule has 8 heteroatoms. The lowest BCUT2D eigenvalue weighted by atomic mass is 9.97. The van der Waals surface area contributed by atoms with Crippen molar-refractivity contribution in [1.29, 1.82) is 0 Å². The molecule has 2 amide bonds. The summed E-state index contributed by atoms with van der Waals surface area (Å²) in [7, 11) is -3.76. The van der Waals surface area contributed by atoms with Gasteiger partial charge in [0.25, 0.3) is 15.9 Å². The van der Waals surface area contributed by atoms with Crippen molar-refractivity contribution in [1.82, 2.24) is 4.90 Å². The predicted octanol–water partition coefficient (Wildman–Crippen LogP) is 2.13. The van der Waals surface area contributed by atoms with Crippen molar-refractivity contribution in [2.24, 2.45) is 11.7 Å². The van der Waals surface area contributed by atoms with Gasteiger partial charge in [-0.3, -0.25) is 14.3 Å². The molecule has 0 aromatic heterocycles. The van der Waals surface area contributed by atoms with Gasteiger partial charge in [-0.15, -0.1) is 0 Å². The van der Waals surface area contributed by atoms with Gasteiger partial charge in [0.2, 0.25) is 5.91 Å². The molecule has 1 heterocycles. The monoisotopic (exact) mass is 401 g/mol. The van der Waals surface area contributed by atoms with Gasteiger partial charge in [-0.25, -0.2) is 8.42 Å². The average Bonchev–Trinajstić information content (AvgIpc) is 2.69. The number of hydrogen-bond acceptors (Lipinski definition) is 4. The number of sulfonamides is 1. The third kappa shape index (κ3) is 4.33. The molecule has 148 valence electrons. The molecule has 1 aliphatic rings. The summed E-state index contributed by atoms with van der Waals surface area (Å²) in [4.78, 5) is 25.7. The van der Waals surface area contributed by atoms with E-state index in [0.717, 1.165) is 5.56 Å². The van der Waals surface area contributed by atoms with Gasteiger partial charge in [-0.05, 0) is 55.7 Å². The van der Waals surface area contributed by atoms with Crippen molar-refractivity contribution < 1.29 is 18.0 Å². The van der Waals surface area contributed by atoms with Gasteiger partial charge < -0.3 is 10.6 Å². The van der Waals surface area contributed by atoms with E-state index in [4.69, 9.17) is 5.73 Å². The minimum atomic E-state index is -3.76. The lowest BCUT2D eigenvalue weighted by molar-refractivity contribution is -0.123. The first-order valence-corrected chi connectivity index (χ1v) is 10.5. The van der Waals surface area contributed by atoms with Gasteiger partial charge in [-0.1, -0.05) is 18.2 Å². The summed E-state index contributed by atoms with van der Waals surface area (Å²) < 4.78 is 27.8. The Balaban J connectivity index is 1.75. The van der Waals surface area contributed by atoms with Crippen molar-refractivity contribution in [2.45, 2.75) is 24.7 Å². The maximum Gasteiger partial charge on any atom is 0.261 e. The van der Waals surface area contributed by atoms with Crippen LogP contribution in [0.2, 0.25) is 0 Å². The molecule has 1 fully saturated rings. The molecule has 0 aliphatic carbocycles. The van der Waals surface area contributed by atoms with E-state index in [2.05, 4.69) is 4.72 Å². The standard InChI is InChI=1S/C20H23N3O4S/c1-14-5-2-3-7-18(14)22-28(26,27)17-10-8-15(9-11-17)20(25)23-12-4-6-16(13-23)19(21)24/h2-3,5,7-11,16,22H,4,6,12-13H2,1H3,(H2,21,24). The fourth-order valence-electron chi connectivity index (χ4n) is 3.24. The molecule has 0 radical (unpaired) electrons. The minimum Gasteiger partial charge on any atom is -0.369 e. The van der Waals surface area contributed by atoms with Crippen molar-refractivity contribution in [2.75, 3.05) is 17.8 Å². The van der Waals surface area contributed by atoms with Crippen molar-refractivity contribution in [3.05, 3.63) is 59.7 Å². The second-order valence-corrected chi connectivity index (χ2v) is 8.62. The Morgan fingerprint density at radius 3 is 2.43 bits per heavy atom. The summed E-state index contributed by atoms with van der Waals surface area (Å²) in [5, 5.41) is 0. The first-order chi connectivity index (χ1) is 13.3. The van der Waals surface area contributed by atoms with E-state index in [1.165, 1.54) is 24.3 Å². The molecule has 2 aromatic carbocycles. The normalized spacial score (nSPS) is 17.2. The second-order valence-electron chi connectivity index (χ2n) is 6.94. The quantitative estimate of drug-likeness (QED) is 0.800. The summed E-state index contributed by atoms with van der Waals surface area (Å²) in [6, 6.07) is 12.9. The number of anilines is 1. The SMILES string of the molecule is Cc1ccccc1NS(=O)(=O)c1ccc(C(=O)N2CCCC(C(N)=O)C2)cc1. The number of piperidine rings is 1. The molecule has 1 unspecified atom stereocenters. The number of nitrogens with zero attached hydrogens (tertiary/aromatic N) is 1. The largest absolute Gasteiger partial charge is 0.369 e. The molecule has 3 N–H and O–H groups in total. The van der Waals surface area contributed by atoms with Crippen LogP contribution in [-0.4, -0.2) is 38.2 Å². The number of carbonyl (C=O) groups is 2. The van der Waals surface area contributed by atoms with E-state index in [1.54, 1.807) is 17.0 Å². The predicted molar refractivity (Wildman–Crippen MR) is 106 cm³/mol. The number of likely N-dealkylation sites (tertiary alicyclic amines) is 1. The Kier molecular flexibility index (Phi) is 5.69. The molecule has 7 nitrogen and oxygen atoms in total. The molecule has 28 heavy (non-hydrogen) atoms. The van der Waals surface area contributed by atoms with E-state index >= 15 is 0 Å². The van der Waals surface area contributed by atoms with Crippen molar-refractivity contribution in [3.8, 4) is 0 Å². The van der Waals surface area contributed by atoms with Crippen LogP contribution in [0.1, 0.15) is 28.8 Å². The van der Waals surface area contributed by atoms with E-state index in [0.29, 0.717) is 37.2 Å². The molecular formula is C20H23N3O4S. The average molecular weight is 401 g/mol. The van der Waals surface area contributed by atoms with Crippen LogP contribution in [-0.2, 0) is 14.8 Å². The number of rotatable bonds is 5. The zero-order valence-corrected chi connectivity index (χ0v) is 16.4. The Labute approximate surface area is 164 Å². The maximum absolute atomic E-state index is 12.7. The van der Waals surface area contributed by atoms with Gasteiger partial charge >= 0.3 is 0 Å². The Morgan fingerprint density at radius 2 is 1.79 bits per heavy atom. The van der Waals surface area contributed by atoms with Crippen LogP contribution in [0.25, 0.3) is 0 Å². The maximum atomic E-state index is 12.7. The topological polar surface area (TPSA) is 110 Å². The molecule has 2 aromatic rings. The van der Waals surface area contributed by atoms with E-state index in [-0.39, 0.29) is 16.7 Å². The number of primary amides is 1. The number of amides is 2. The molecular weight excluding hydrogens is 378 g/mol. The number of carbonyl (C=O) groups excluding carboxylic acids is 2. The van der Waals surface area contributed by atoms with Crippen LogP contribution in [0, 0.1) is 12.8 Å². The highest BCUT2D eigenvalue weighted by Gasteiger charge is 2.27. The third-order valence-corrected chi connectivity index (χ3v) is 6.29. The fraction of sp³-hybridized carbons (Fsp3) is 0.300. The number of benzene rings is 2. The van der Waals surface area contributed by atoms with E-state index in [9.17, 15) is 18.0 Å². The van der Waals surface area contributed by atoms with Gasteiger partial charge in [0.1, 0.15) is 0 Å². The summed E-state index contributed by atoms with van der Waals surface area (Å²) in [6.07, 6.45) is 1.40. The fourth-order valence-corrected chi connectivity index (χ4v) is 4.37. The summed E-state index contributed by atoms with van der Waals surface area (Å²) in [6.45, 7) is 2.66. The highest BCUT2D eigenvalue weighted by molar-refractivity contribution is 7.92. The van der Waals surface area contributed by atoms with Gasteiger partial charge in [0.15, 0.2) is 0 Å². The smallest absolute Gasteiger partial charge is 0.261 e. The number of aryl methyl sites for hydroxylation is 1. The first kappa shape index (κ1) is 19.9. The van der Waals surface area contributed by atoms with Gasteiger partial charge in [-0.2, -0.15) is 0 Å². The minimum absolute atomic E-state index is 0.0703. The Hall–Kier alpha value is -2.87. The molecule has 0 spiro atoms. The van der Waals surface area contributed by atoms with Crippen molar-refractivity contribution >= 4 is 27.5 Å². The third-order valence-electron chi connectivity index (χ3n) is 4.91. The second kappa shape index (κ2) is 8.02. The van der Waals surface area contributed by atoms with Crippen LogP contribution in [0.3, 0.4) is 0 Å². The number of nitrogens with two attached hydrogens (primary N) is 1. The van der Waals surface area contributed by atoms with Crippen molar-refractivity contribution in [3.63, 3.8) is 0 Å². The highest BCUT2D eigenvalue weighted by Crippen LogP contribution is 2.21. The molecule has 1 aliphatic heterocycles. The summed E-state index contributed by atoms with van der Waals surface area (Å²) in [5.74, 6) is -0.973. The molecule has 0 saturated carbocycles. The Morgan fingerprint density at radius 1 is 1.11 bits per heavy atom. The zero-order valence-electron chi connectivity index (χ0n) is 15.6. The van der Waals surface area contributed by atoms with E-state index < -0.39 is 15.9 Å². The summed E-state index contributed by atoms with van der Waals surface area (Å²) >= 11 is 0. The molecule has 1 saturated heterocycles. The van der Waals surface area contributed by atoms with Crippen LogP contribution >= 0.6 is 0 Å². The lowest BCUT2D eigenvalue weighted by Crippen LogP contribution is -2.44. The lowest BCUT2D eigenvalue weighted by Gasteiger charge is -2.31. The first-order valence-electron chi connectivity index (χ1n) is 9.05. The molecule has 3 rings (SSSR count).